The van der Waals surface area contributed by atoms with E-state index >= 15 is 0 Å². The number of carbonyl (C=O) groups excluding carboxylic acids is 1. The average Bonchev–Trinajstić information content (AvgIpc) is 2.75. The van der Waals surface area contributed by atoms with Gasteiger partial charge in [0.1, 0.15) is 12.4 Å². The summed E-state index contributed by atoms with van der Waals surface area (Å²) in [5.74, 6) is 0.409. The molecule has 1 fully saturated rings. The van der Waals surface area contributed by atoms with Crippen molar-refractivity contribution in [1.29, 1.82) is 0 Å². The molecule has 2 aromatic carbocycles. The molecule has 29 heavy (non-hydrogen) atoms. The molecule has 0 radical (unpaired) electrons. The molecule has 0 N–H and O–H groups in total. The summed E-state index contributed by atoms with van der Waals surface area (Å²) in [6, 6.07) is 16.2. The second-order valence-electron chi connectivity index (χ2n) is 7.44. The highest BCUT2D eigenvalue weighted by Crippen LogP contribution is 2.24. The van der Waals surface area contributed by atoms with E-state index in [0.717, 1.165) is 11.3 Å². The number of amides is 1. The third-order valence-corrected chi connectivity index (χ3v) is 7.09. The van der Waals surface area contributed by atoms with Crippen molar-refractivity contribution in [2.75, 3.05) is 33.3 Å². The van der Waals surface area contributed by atoms with E-state index in [2.05, 4.69) is 0 Å². The van der Waals surface area contributed by atoms with Crippen LogP contribution in [-0.2, 0) is 14.8 Å². The van der Waals surface area contributed by atoms with Crippen LogP contribution in [0.2, 0.25) is 0 Å². The molecule has 1 aliphatic rings. The van der Waals surface area contributed by atoms with Crippen LogP contribution in [0.1, 0.15) is 18.4 Å². The van der Waals surface area contributed by atoms with Crippen LogP contribution in [0.3, 0.4) is 0 Å². The predicted molar refractivity (Wildman–Crippen MR) is 112 cm³/mol. The summed E-state index contributed by atoms with van der Waals surface area (Å²) in [4.78, 5) is 14.8. The zero-order valence-corrected chi connectivity index (χ0v) is 17.8. The van der Waals surface area contributed by atoms with E-state index in [4.69, 9.17) is 4.74 Å². The molecule has 0 saturated carbocycles. The fraction of sp³-hybridized carbons (Fsp3) is 0.409. The summed E-state index contributed by atoms with van der Waals surface area (Å²) in [5, 5.41) is 0. The minimum atomic E-state index is -3.57. The molecule has 7 heteroatoms. The van der Waals surface area contributed by atoms with Gasteiger partial charge in [-0.2, -0.15) is 4.31 Å². The molecule has 1 aliphatic heterocycles. The smallest absolute Gasteiger partial charge is 0.243 e. The average molecular weight is 417 g/mol. The molecule has 3 rings (SSSR count). The van der Waals surface area contributed by atoms with Crippen LogP contribution in [0.5, 0.6) is 5.75 Å². The molecule has 0 aromatic heterocycles. The SMILES string of the molecule is Cc1ccc(OCCN(C)C(=O)C2CCCN(S(=O)(=O)c3ccccc3)C2)cc1. The Balaban J connectivity index is 1.55. The number of sulfonamides is 1. The van der Waals surface area contributed by atoms with Gasteiger partial charge in [0.15, 0.2) is 0 Å². The van der Waals surface area contributed by atoms with E-state index in [9.17, 15) is 13.2 Å². The van der Waals surface area contributed by atoms with Crippen LogP contribution in [-0.4, -0.2) is 56.8 Å². The van der Waals surface area contributed by atoms with Gasteiger partial charge in [0.25, 0.3) is 0 Å². The molecular formula is C22H28N2O4S. The summed E-state index contributed by atoms with van der Waals surface area (Å²) in [7, 11) is -1.83. The van der Waals surface area contributed by atoms with Gasteiger partial charge in [0.2, 0.25) is 15.9 Å². The summed E-state index contributed by atoms with van der Waals surface area (Å²) >= 11 is 0. The number of hydrogen-bond donors (Lipinski definition) is 0. The molecule has 0 bridgehead atoms. The van der Waals surface area contributed by atoms with Gasteiger partial charge in [-0.3, -0.25) is 4.79 Å². The molecule has 6 nitrogen and oxygen atoms in total. The van der Waals surface area contributed by atoms with Crippen molar-refractivity contribution in [3.63, 3.8) is 0 Å². The fourth-order valence-corrected chi connectivity index (χ4v) is 5.01. The van der Waals surface area contributed by atoms with E-state index in [1.54, 1.807) is 42.3 Å². The molecule has 1 saturated heterocycles. The van der Waals surface area contributed by atoms with E-state index in [1.165, 1.54) is 4.31 Å². The highest BCUT2D eigenvalue weighted by molar-refractivity contribution is 7.89. The van der Waals surface area contributed by atoms with E-state index in [1.807, 2.05) is 31.2 Å². The lowest BCUT2D eigenvalue weighted by Gasteiger charge is -2.33. The Labute approximate surface area is 173 Å². The molecule has 0 spiro atoms. The molecular weight excluding hydrogens is 388 g/mol. The summed E-state index contributed by atoms with van der Waals surface area (Å²) in [6.07, 6.45) is 1.37. The van der Waals surface area contributed by atoms with Crippen molar-refractivity contribution in [2.45, 2.75) is 24.7 Å². The lowest BCUT2D eigenvalue weighted by molar-refractivity contribution is -0.135. The van der Waals surface area contributed by atoms with Crippen molar-refractivity contribution < 1.29 is 17.9 Å². The number of benzene rings is 2. The van der Waals surface area contributed by atoms with E-state index < -0.39 is 10.0 Å². The topological polar surface area (TPSA) is 66.9 Å². The third kappa shape index (κ3) is 5.36. The van der Waals surface area contributed by atoms with Gasteiger partial charge in [-0.25, -0.2) is 8.42 Å². The highest BCUT2D eigenvalue weighted by atomic mass is 32.2. The largest absolute Gasteiger partial charge is 0.492 e. The van der Waals surface area contributed by atoms with Gasteiger partial charge in [0.05, 0.1) is 17.4 Å². The van der Waals surface area contributed by atoms with Crippen molar-refractivity contribution in [1.82, 2.24) is 9.21 Å². The monoisotopic (exact) mass is 416 g/mol. The molecule has 1 amide bonds. The number of piperidine rings is 1. The van der Waals surface area contributed by atoms with Gasteiger partial charge in [0, 0.05) is 20.1 Å². The van der Waals surface area contributed by atoms with Crippen molar-refractivity contribution in [3.05, 3.63) is 60.2 Å². The minimum absolute atomic E-state index is 0.0366. The van der Waals surface area contributed by atoms with Crippen LogP contribution >= 0.6 is 0 Å². The van der Waals surface area contributed by atoms with Gasteiger partial charge in [-0.05, 0) is 44.0 Å². The summed E-state index contributed by atoms with van der Waals surface area (Å²) < 4.78 is 32.9. The minimum Gasteiger partial charge on any atom is -0.492 e. The number of nitrogens with zero attached hydrogens (tertiary/aromatic N) is 2. The first-order chi connectivity index (χ1) is 13.9. The Morgan fingerprint density at radius 3 is 2.52 bits per heavy atom. The number of likely N-dealkylation sites (N-methyl/N-ethyl adjacent to an activating group) is 1. The maximum absolute atomic E-state index is 12.9. The first-order valence-electron chi connectivity index (χ1n) is 9.87. The second-order valence-corrected chi connectivity index (χ2v) is 9.37. The van der Waals surface area contributed by atoms with E-state index in [0.29, 0.717) is 32.5 Å². The Morgan fingerprint density at radius 1 is 1.14 bits per heavy atom. The van der Waals surface area contributed by atoms with Crippen LogP contribution < -0.4 is 4.74 Å². The molecule has 1 atom stereocenters. The maximum atomic E-state index is 12.9. The summed E-state index contributed by atoms with van der Waals surface area (Å²) in [6.45, 7) is 3.53. The molecule has 0 aliphatic carbocycles. The molecule has 156 valence electrons. The fourth-order valence-electron chi connectivity index (χ4n) is 3.46. The third-order valence-electron chi connectivity index (χ3n) is 5.21. The quantitative estimate of drug-likeness (QED) is 0.696. The number of rotatable bonds is 7. The maximum Gasteiger partial charge on any atom is 0.243 e. The summed E-state index contributed by atoms with van der Waals surface area (Å²) in [5.41, 5.74) is 1.16. The number of aryl methyl sites for hydroxylation is 1. The highest BCUT2D eigenvalue weighted by Gasteiger charge is 2.34. The van der Waals surface area contributed by atoms with Crippen molar-refractivity contribution in [3.8, 4) is 5.75 Å². The number of ether oxygens (including phenoxy) is 1. The Kier molecular flexibility index (Phi) is 6.92. The Bertz CT molecular complexity index is 914. The first kappa shape index (κ1) is 21.3. The first-order valence-corrected chi connectivity index (χ1v) is 11.3. The molecule has 1 heterocycles. The Hall–Kier alpha value is -2.38. The van der Waals surface area contributed by atoms with Gasteiger partial charge >= 0.3 is 0 Å². The number of hydrogen-bond acceptors (Lipinski definition) is 4. The second kappa shape index (κ2) is 9.41. The van der Waals surface area contributed by atoms with Crippen molar-refractivity contribution >= 4 is 15.9 Å². The van der Waals surface area contributed by atoms with Crippen LogP contribution in [0.25, 0.3) is 0 Å². The van der Waals surface area contributed by atoms with Crippen LogP contribution in [0.15, 0.2) is 59.5 Å². The van der Waals surface area contributed by atoms with Gasteiger partial charge in [-0.15, -0.1) is 0 Å². The standard InChI is InChI=1S/C22H28N2O4S/c1-18-10-12-20(13-11-18)28-16-15-23(2)22(25)19-7-6-14-24(17-19)29(26,27)21-8-4-3-5-9-21/h3-5,8-13,19H,6-7,14-17H2,1-2H3. The lowest BCUT2D eigenvalue weighted by atomic mass is 9.98. The molecule has 1 unspecified atom stereocenters. The van der Waals surface area contributed by atoms with Crippen LogP contribution in [0, 0.1) is 12.8 Å². The zero-order valence-electron chi connectivity index (χ0n) is 17.0. The van der Waals surface area contributed by atoms with E-state index in [-0.39, 0.29) is 23.3 Å². The predicted octanol–water partition coefficient (Wildman–Crippen LogP) is 2.93. The van der Waals surface area contributed by atoms with Gasteiger partial charge in [-0.1, -0.05) is 35.9 Å². The number of carbonyl (C=O) groups is 1. The Morgan fingerprint density at radius 2 is 1.83 bits per heavy atom. The van der Waals surface area contributed by atoms with Gasteiger partial charge < -0.3 is 9.64 Å². The lowest BCUT2D eigenvalue weighted by Crippen LogP contribution is -2.46. The van der Waals surface area contributed by atoms with Crippen LogP contribution in [0.4, 0.5) is 0 Å². The zero-order chi connectivity index (χ0) is 20.9. The van der Waals surface area contributed by atoms with Crippen molar-refractivity contribution in [2.24, 2.45) is 5.92 Å². The normalized spacial score (nSPS) is 17.7. The molecule has 2 aromatic rings.